The van der Waals surface area contributed by atoms with Crippen molar-refractivity contribution in [1.29, 1.82) is 0 Å². The second-order valence-electron chi connectivity index (χ2n) is 4.81. The smallest absolute Gasteiger partial charge is 0.293 e. The third kappa shape index (κ3) is 4.68. The number of carbonyl (C=O) groups is 2. The third-order valence-electron chi connectivity index (χ3n) is 3.19. The molecule has 11 heteroatoms. The Morgan fingerprint density at radius 1 is 1.48 bits per heavy atom. The maximum absolute atomic E-state index is 12.3. The number of carbonyl (C=O) groups excluding carboxylic acids is 2. The molecule has 2 rings (SSSR count). The fourth-order valence-electron chi connectivity index (χ4n) is 1.97. The molecule has 132 valence electrons. The number of nitro groups is 1. The molecular weight excluding hydrogens is 388 g/mol. The van der Waals surface area contributed by atoms with Crippen molar-refractivity contribution in [3.8, 4) is 0 Å². The zero-order valence-corrected chi connectivity index (χ0v) is 15.3. The largest absolute Gasteiger partial charge is 0.366 e. The minimum absolute atomic E-state index is 0.00170. The van der Waals surface area contributed by atoms with Gasteiger partial charge in [0, 0.05) is 26.2 Å². The summed E-state index contributed by atoms with van der Waals surface area (Å²) in [6.07, 6.45) is 1.43. The normalized spacial score (nSPS) is 15.6. The first-order valence-corrected chi connectivity index (χ1v) is 8.58. The van der Waals surface area contributed by atoms with Crippen LogP contribution in [0.5, 0.6) is 0 Å². The molecule has 1 aromatic carbocycles. The Morgan fingerprint density at radius 3 is 2.84 bits per heavy atom. The van der Waals surface area contributed by atoms with Gasteiger partial charge in [-0.15, -0.1) is 0 Å². The summed E-state index contributed by atoms with van der Waals surface area (Å²) in [4.78, 5) is 35.9. The van der Waals surface area contributed by atoms with Crippen molar-refractivity contribution in [3.05, 3.63) is 43.8 Å². The molecule has 0 unspecified atom stereocenters. The fourth-order valence-corrected chi connectivity index (χ4v) is 3.13. The molecule has 0 aliphatic carbocycles. The van der Waals surface area contributed by atoms with Gasteiger partial charge in [-0.05, 0) is 41.7 Å². The summed E-state index contributed by atoms with van der Waals surface area (Å²) in [5.41, 5.74) is 0.149. The van der Waals surface area contributed by atoms with Crippen LogP contribution in [0.3, 0.4) is 0 Å². The lowest BCUT2D eigenvalue weighted by Crippen LogP contribution is -2.40. The Morgan fingerprint density at radius 2 is 2.20 bits per heavy atom. The second kappa shape index (κ2) is 8.28. The van der Waals surface area contributed by atoms with E-state index < -0.39 is 16.1 Å². The number of halogens is 1. The van der Waals surface area contributed by atoms with Crippen molar-refractivity contribution >= 4 is 63.6 Å². The lowest BCUT2D eigenvalue weighted by Gasteiger charge is -2.13. The SMILES string of the molecule is CNC(=S)NCCN1C(=O)S/C(=C\c2ccc(Cl)c([N+](=O)[O-])c2)C1=O. The molecule has 0 atom stereocenters. The maximum Gasteiger partial charge on any atom is 0.293 e. The van der Waals surface area contributed by atoms with Crippen LogP contribution in [0.2, 0.25) is 5.02 Å². The molecule has 1 saturated heterocycles. The summed E-state index contributed by atoms with van der Waals surface area (Å²) in [5, 5.41) is 16.5. The molecule has 0 radical (unpaired) electrons. The standard InChI is InChI=1S/C14H13ClN4O4S2/c1-16-13(24)17-4-5-18-12(20)11(25-14(18)21)7-8-2-3-9(15)10(6-8)19(22)23/h2-3,6-7H,4-5H2,1H3,(H2,16,17,24)/b11-7-. The van der Waals surface area contributed by atoms with Crippen molar-refractivity contribution in [2.75, 3.05) is 20.1 Å². The van der Waals surface area contributed by atoms with Crippen molar-refractivity contribution in [2.24, 2.45) is 0 Å². The van der Waals surface area contributed by atoms with Crippen molar-refractivity contribution < 1.29 is 14.5 Å². The van der Waals surface area contributed by atoms with E-state index in [9.17, 15) is 19.7 Å². The van der Waals surface area contributed by atoms with Crippen molar-refractivity contribution in [1.82, 2.24) is 15.5 Å². The second-order valence-corrected chi connectivity index (χ2v) is 6.62. The van der Waals surface area contributed by atoms with Gasteiger partial charge in [0.2, 0.25) is 0 Å². The van der Waals surface area contributed by atoms with Gasteiger partial charge in [-0.25, -0.2) is 0 Å². The van der Waals surface area contributed by atoms with E-state index in [-0.39, 0.29) is 22.2 Å². The van der Waals surface area contributed by atoms with Gasteiger partial charge in [0.25, 0.3) is 16.8 Å². The highest BCUT2D eigenvalue weighted by Crippen LogP contribution is 2.33. The summed E-state index contributed by atoms with van der Waals surface area (Å²) < 4.78 is 0. The number of nitrogens with one attached hydrogen (secondary N) is 2. The van der Waals surface area contributed by atoms with Gasteiger partial charge in [0.15, 0.2) is 5.11 Å². The van der Waals surface area contributed by atoms with E-state index in [2.05, 4.69) is 10.6 Å². The molecule has 1 aromatic rings. The molecule has 0 aromatic heterocycles. The Kier molecular flexibility index (Phi) is 6.34. The lowest BCUT2D eigenvalue weighted by atomic mass is 10.2. The molecule has 1 aliphatic heterocycles. The quantitative estimate of drug-likeness (QED) is 0.336. The topological polar surface area (TPSA) is 105 Å². The van der Waals surface area contributed by atoms with Crippen LogP contribution in [0.4, 0.5) is 10.5 Å². The molecule has 2 amide bonds. The molecule has 0 bridgehead atoms. The lowest BCUT2D eigenvalue weighted by molar-refractivity contribution is -0.384. The summed E-state index contributed by atoms with van der Waals surface area (Å²) >= 11 is 11.5. The summed E-state index contributed by atoms with van der Waals surface area (Å²) in [6, 6.07) is 4.16. The van der Waals surface area contributed by atoms with E-state index in [1.165, 1.54) is 24.3 Å². The predicted molar refractivity (Wildman–Crippen MR) is 100 cm³/mol. The molecule has 0 saturated carbocycles. The molecule has 25 heavy (non-hydrogen) atoms. The van der Waals surface area contributed by atoms with Crippen LogP contribution in [0.1, 0.15) is 5.56 Å². The van der Waals surface area contributed by atoms with Crippen LogP contribution in [-0.2, 0) is 4.79 Å². The third-order valence-corrected chi connectivity index (χ3v) is 4.76. The van der Waals surface area contributed by atoms with Gasteiger partial charge >= 0.3 is 0 Å². The number of benzene rings is 1. The minimum Gasteiger partial charge on any atom is -0.366 e. The number of nitro benzene ring substituents is 1. The van der Waals surface area contributed by atoms with Gasteiger partial charge in [-0.1, -0.05) is 17.7 Å². The Labute approximate surface area is 157 Å². The van der Waals surface area contributed by atoms with Crippen LogP contribution < -0.4 is 10.6 Å². The van der Waals surface area contributed by atoms with Crippen LogP contribution in [0.15, 0.2) is 23.1 Å². The highest BCUT2D eigenvalue weighted by Gasteiger charge is 2.34. The summed E-state index contributed by atoms with van der Waals surface area (Å²) in [7, 11) is 1.66. The zero-order valence-electron chi connectivity index (χ0n) is 12.9. The van der Waals surface area contributed by atoms with E-state index in [1.54, 1.807) is 7.05 Å². The Balaban J connectivity index is 2.13. The van der Waals surface area contributed by atoms with Crippen molar-refractivity contribution in [2.45, 2.75) is 0 Å². The highest BCUT2D eigenvalue weighted by molar-refractivity contribution is 8.18. The number of imide groups is 1. The average Bonchev–Trinajstić information content (AvgIpc) is 2.83. The Hall–Kier alpha value is -2.17. The van der Waals surface area contributed by atoms with E-state index >= 15 is 0 Å². The monoisotopic (exact) mass is 400 g/mol. The van der Waals surface area contributed by atoms with Crippen LogP contribution in [-0.4, -0.2) is 46.2 Å². The molecule has 1 heterocycles. The van der Waals surface area contributed by atoms with Crippen LogP contribution >= 0.6 is 35.6 Å². The zero-order chi connectivity index (χ0) is 18.6. The number of amides is 2. The maximum atomic E-state index is 12.3. The average molecular weight is 401 g/mol. The number of thiocarbonyl (C=S) groups is 1. The van der Waals surface area contributed by atoms with E-state index in [4.69, 9.17) is 23.8 Å². The summed E-state index contributed by atoms with van der Waals surface area (Å²) in [6.45, 7) is 0.474. The number of thioether (sulfide) groups is 1. The number of rotatable bonds is 5. The minimum atomic E-state index is -0.609. The number of hydrogen-bond donors (Lipinski definition) is 2. The predicted octanol–water partition coefficient (Wildman–Crippen LogP) is 2.38. The molecular formula is C14H13ClN4O4S2. The van der Waals surface area contributed by atoms with Gasteiger partial charge < -0.3 is 10.6 Å². The van der Waals surface area contributed by atoms with E-state index in [0.29, 0.717) is 17.2 Å². The molecule has 8 nitrogen and oxygen atoms in total. The first-order chi connectivity index (χ1) is 11.8. The number of hydrogen-bond acceptors (Lipinski definition) is 6. The first-order valence-electron chi connectivity index (χ1n) is 6.98. The van der Waals surface area contributed by atoms with Gasteiger partial charge in [0.1, 0.15) is 5.02 Å². The van der Waals surface area contributed by atoms with E-state index in [1.807, 2.05) is 0 Å². The number of nitrogens with zero attached hydrogens (tertiary/aromatic N) is 2. The Bertz CT molecular complexity index is 784. The van der Waals surface area contributed by atoms with Gasteiger partial charge in [-0.3, -0.25) is 24.6 Å². The van der Waals surface area contributed by atoms with Crippen LogP contribution in [0.25, 0.3) is 6.08 Å². The molecule has 2 N–H and O–H groups in total. The molecule has 0 spiro atoms. The van der Waals surface area contributed by atoms with E-state index in [0.717, 1.165) is 16.7 Å². The summed E-state index contributed by atoms with van der Waals surface area (Å²) in [5.74, 6) is -0.454. The highest BCUT2D eigenvalue weighted by atomic mass is 35.5. The molecule has 1 fully saturated rings. The van der Waals surface area contributed by atoms with Gasteiger partial charge in [0.05, 0.1) is 9.83 Å². The molecule has 1 aliphatic rings. The fraction of sp³-hybridized carbons (Fsp3) is 0.214. The van der Waals surface area contributed by atoms with Gasteiger partial charge in [-0.2, -0.15) is 0 Å². The first kappa shape index (κ1) is 19.2. The van der Waals surface area contributed by atoms with Crippen LogP contribution in [0, 0.1) is 10.1 Å². The van der Waals surface area contributed by atoms with Crippen molar-refractivity contribution in [3.63, 3.8) is 0 Å².